The van der Waals surface area contributed by atoms with Crippen molar-refractivity contribution in [3.8, 4) is 0 Å². The Labute approximate surface area is 136 Å². The summed E-state index contributed by atoms with van der Waals surface area (Å²) in [6.07, 6.45) is 0.523. The van der Waals surface area contributed by atoms with Crippen LogP contribution in [0.25, 0.3) is 0 Å². The molecule has 0 aromatic heterocycles. The van der Waals surface area contributed by atoms with E-state index in [4.69, 9.17) is 11.6 Å². The number of hydrogen-bond acceptors (Lipinski definition) is 2. The van der Waals surface area contributed by atoms with Crippen LogP contribution < -0.4 is 4.72 Å². The lowest BCUT2D eigenvalue weighted by molar-refractivity contribution is 0.577. The fourth-order valence-corrected chi connectivity index (χ4v) is 3.12. The first-order chi connectivity index (χ1) is 9.88. The first-order valence-corrected chi connectivity index (χ1v) is 8.73. The molecule has 2 aromatic carbocycles. The molecule has 21 heavy (non-hydrogen) atoms. The van der Waals surface area contributed by atoms with Crippen molar-refractivity contribution in [2.24, 2.45) is 0 Å². The number of benzene rings is 2. The molecule has 2 rings (SSSR count). The maximum atomic E-state index is 13.4. The average molecular weight is 393 g/mol. The summed E-state index contributed by atoms with van der Waals surface area (Å²) in [5.41, 5.74) is 0.962. The van der Waals surface area contributed by atoms with Crippen molar-refractivity contribution in [2.45, 2.75) is 11.3 Å². The van der Waals surface area contributed by atoms with E-state index in [0.717, 1.165) is 11.6 Å². The highest BCUT2D eigenvalue weighted by Gasteiger charge is 2.15. The Kier molecular flexibility index (Phi) is 5.37. The second kappa shape index (κ2) is 6.87. The predicted octanol–water partition coefficient (Wildman–Crippen LogP) is 3.76. The number of halogens is 3. The van der Waals surface area contributed by atoms with Gasteiger partial charge in [-0.05, 0) is 58.2 Å². The third-order valence-electron chi connectivity index (χ3n) is 2.82. The highest BCUT2D eigenvalue weighted by atomic mass is 79.9. The van der Waals surface area contributed by atoms with Gasteiger partial charge in [-0.25, -0.2) is 17.5 Å². The van der Waals surface area contributed by atoms with Crippen molar-refractivity contribution >= 4 is 37.6 Å². The molecule has 0 saturated carbocycles. The van der Waals surface area contributed by atoms with Crippen LogP contribution in [0.15, 0.2) is 51.8 Å². The van der Waals surface area contributed by atoms with Gasteiger partial charge in [-0.15, -0.1) is 0 Å². The van der Waals surface area contributed by atoms with Gasteiger partial charge in [-0.3, -0.25) is 0 Å². The summed E-state index contributed by atoms with van der Waals surface area (Å²) in [5.74, 6) is -0.615. The van der Waals surface area contributed by atoms with E-state index < -0.39 is 15.8 Å². The van der Waals surface area contributed by atoms with Crippen LogP contribution in [0, 0.1) is 5.82 Å². The zero-order chi connectivity index (χ0) is 15.5. The van der Waals surface area contributed by atoms with E-state index in [1.807, 2.05) is 12.1 Å². The Morgan fingerprint density at radius 2 is 1.81 bits per heavy atom. The highest BCUT2D eigenvalue weighted by molar-refractivity contribution is 9.10. The first kappa shape index (κ1) is 16.4. The molecule has 112 valence electrons. The Bertz CT molecular complexity index is 735. The molecule has 0 aliphatic carbocycles. The highest BCUT2D eigenvalue weighted by Crippen LogP contribution is 2.19. The van der Waals surface area contributed by atoms with Crippen molar-refractivity contribution in [1.82, 2.24) is 4.72 Å². The molecular formula is C14H12BrClFNO2S. The Morgan fingerprint density at radius 3 is 2.43 bits per heavy atom. The largest absolute Gasteiger partial charge is 0.240 e. The van der Waals surface area contributed by atoms with Crippen LogP contribution in [0.3, 0.4) is 0 Å². The van der Waals surface area contributed by atoms with E-state index in [1.54, 1.807) is 12.1 Å². The van der Waals surface area contributed by atoms with Crippen molar-refractivity contribution in [2.75, 3.05) is 6.54 Å². The van der Waals surface area contributed by atoms with Crippen LogP contribution in [0.2, 0.25) is 5.02 Å². The van der Waals surface area contributed by atoms with E-state index in [1.165, 1.54) is 12.1 Å². The van der Waals surface area contributed by atoms with Gasteiger partial charge in [0, 0.05) is 11.6 Å². The molecule has 0 atom stereocenters. The van der Waals surface area contributed by atoms with Crippen LogP contribution in [0.4, 0.5) is 4.39 Å². The first-order valence-electron chi connectivity index (χ1n) is 6.08. The average Bonchev–Trinajstić information content (AvgIpc) is 2.44. The molecule has 2 aromatic rings. The van der Waals surface area contributed by atoms with Crippen LogP contribution in [-0.4, -0.2) is 15.0 Å². The van der Waals surface area contributed by atoms with E-state index >= 15 is 0 Å². The molecule has 0 aliphatic rings. The SMILES string of the molecule is O=S(=O)(NCCc1ccc(Cl)cc1)c1ccc(Br)c(F)c1. The van der Waals surface area contributed by atoms with Crippen LogP contribution in [0.1, 0.15) is 5.56 Å². The van der Waals surface area contributed by atoms with Gasteiger partial charge < -0.3 is 0 Å². The van der Waals surface area contributed by atoms with Gasteiger partial charge in [-0.1, -0.05) is 23.7 Å². The van der Waals surface area contributed by atoms with E-state index in [2.05, 4.69) is 20.7 Å². The maximum absolute atomic E-state index is 13.4. The third kappa shape index (κ3) is 4.51. The van der Waals surface area contributed by atoms with Crippen molar-refractivity contribution < 1.29 is 12.8 Å². The zero-order valence-electron chi connectivity index (χ0n) is 10.8. The monoisotopic (exact) mass is 391 g/mol. The van der Waals surface area contributed by atoms with Gasteiger partial charge in [0.05, 0.1) is 9.37 Å². The van der Waals surface area contributed by atoms with Crippen molar-refractivity contribution in [3.63, 3.8) is 0 Å². The molecule has 0 aliphatic heterocycles. The number of sulfonamides is 1. The van der Waals surface area contributed by atoms with Gasteiger partial charge in [0.1, 0.15) is 5.82 Å². The second-order valence-electron chi connectivity index (χ2n) is 4.35. The lowest BCUT2D eigenvalue weighted by Gasteiger charge is -2.07. The van der Waals surface area contributed by atoms with Crippen LogP contribution in [-0.2, 0) is 16.4 Å². The molecule has 0 amide bonds. The van der Waals surface area contributed by atoms with Crippen LogP contribution in [0.5, 0.6) is 0 Å². The smallest absolute Gasteiger partial charge is 0.211 e. The summed E-state index contributed by atoms with van der Waals surface area (Å²) in [7, 11) is -3.71. The molecule has 1 N–H and O–H groups in total. The van der Waals surface area contributed by atoms with E-state index in [-0.39, 0.29) is 15.9 Å². The summed E-state index contributed by atoms with van der Waals surface area (Å²) in [4.78, 5) is -0.0979. The fraction of sp³-hybridized carbons (Fsp3) is 0.143. The normalized spacial score (nSPS) is 11.6. The fourth-order valence-electron chi connectivity index (χ4n) is 1.71. The summed E-state index contributed by atoms with van der Waals surface area (Å²) >= 11 is 8.76. The molecule has 0 radical (unpaired) electrons. The minimum absolute atomic E-state index is 0.0979. The number of rotatable bonds is 5. The van der Waals surface area contributed by atoms with E-state index in [9.17, 15) is 12.8 Å². The summed E-state index contributed by atoms with van der Waals surface area (Å²) < 4.78 is 40.1. The lowest BCUT2D eigenvalue weighted by Crippen LogP contribution is -2.26. The lowest BCUT2D eigenvalue weighted by atomic mass is 10.2. The maximum Gasteiger partial charge on any atom is 0.240 e. The molecule has 0 saturated heterocycles. The van der Waals surface area contributed by atoms with Crippen molar-refractivity contribution in [1.29, 1.82) is 0 Å². The molecule has 0 bridgehead atoms. The second-order valence-corrected chi connectivity index (χ2v) is 7.41. The van der Waals surface area contributed by atoms with Gasteiger partial charge >= 0.3 is 0 Å². The Hall–Kier alpha value is -0.950. The van der Waals surface area contributed by atoms with Gasteiger partial charge in [0.25, 0.3) is 0 Å². The zero-order valence-corrected chi connectivity index (χ0v) is 14.0. The number of nitrogens with one attached hydrogen (secondary N) is 1. The molecule has 0 fully saturated rings. The minimum atomic E-state index is -3.71. The molecule has 0 spiro atoms. The van der Waals surface area contributed by atoms with E-state index in [0.29, 0.717) is 11.4 Å². The van der Waals surface area contributed by atoms with Gasteiger partial charge in [0.15, 0.2) is 0 Å². The van der Waals surface area contributed by atoms with Crippen LogP contribution >= 0.6 is 27.5 Å². The quantitative estimate of drug-likeness (QED) is 0.842. The van der Waals surface area contributed by atoms with Gasteiger partial charge in [0.2, 0.25) is 10.0 Å². The molecular weight excluding hydrogens is 381 g/mol. The topological polar surface area (TPSA) is 46.2 Å². The summed E-state index contributed by atoms with van der Waals surface area (Å²) in [5, 5.41) is 0.629. The standard InChI is InChI=1S/C14H12BrClFNO2S/c15-13-6-5-12(9-14(13)17)21(19,20)18-8-7-10-1-3-11(16)4-2-10/h1-6,9,18H,7-8H2. The molecule has 7 heteroatoms. The number of hydrogen-bond donors (Lipinski definition) is 1. The predicted molar refractivity (Wildman–Crippen MR) is 84.4 cm³/mol. The molecule has 0 unspecified atom stereocenters. The van der Waals surface area contributed by atoms with Gasteiger partial charge in [-0.2, -0.15) is 0 Å². The molecule has 3 nitrogen and oxygen atoms in total. The molecule has 0 heterocycles. The summed E-state index contributed by atoms with van der Waals surface area (Å²) in [6.45, 7) is 0.224. The Balaban J connectivity index is 2.01. The third-order valence-corrected chi connectivity index (χ3v) is 5.17. The van der Waals surface area contributed by atoms with Crippen molar-refractivity contribution in [3.05, 3.63) is 63.3 Å². The Morgan fingerprint density at radius 1 is 1.14 bits per heavy atom. The summed E-state index contributed by atoms with van der Waals surface area (Å²) in [6, 6.07) is 10.8. The minimum Gasteiger partial charge on any atom is -0.211 e.